The van der Waals surface area contributed by atoms with Crippen LogP contribution in [0.5, 0.6) is 0 Å². The zero-order valence-corrected chi connectivity index (χ0v) is 11.3. The molecule has 1 saturated heterocycles. The molecule has 0 unspecified atom stereocenters. The summed E-state index contributed by atoms with van der Waals surface area (Å²) in [5, 5.41) is 1.04. The zero-order chi connectivity index (χ0) is 15.0. The van der Waals surface area contributed by atoms with Crippen molar-refractivity contribution in [1.29, 1.82) is 0 Å². The van der Waals surface area contributed by atoms with Crippen LogP contribution >= 0.6 is 0 Å². The average Bonchev–Trinajstić information content (AvgIpc) is 2.75. The van der Waals surface area contributed by atoms with E-state index in [1.807, 2.05) is 6.92 Å². The molecule has 0 atom stereocenters. The molecule has 1 aromatic carbocycles. The van der Waals surface area contributed by atoms with Gasteiger partial charge in [0.05, 0.1) is 18.7 Å². The SMILES string of the molecule is CCCON1C(=O)C2(Cc3ccccc31)OC(=O)C(=O)O2. The number of nitrogens with zero attached hydrogens (tertiary/aromatic N) is 1. The van der Waals surface area contributed by atoms with E-state index in [-0.39, 0.29) is 6.42 Å². The number of esters is 2. The second-order valence-corrected chi connectivity index (χ2v) is 4.77. The number of hydrogen-bond donors (Lipinski definition) is 0. The summed E-state index contributed by atoms with van der Waals surface area (Å²) >= 11 is 0. The largest absolute Gasteiger partial charge is 0.421 e. The molecule has 2 aliphatic heterocycles. The van der Waals surface area contributed by atoms with Crippen LogP contribution in [0, 0.1) is 0 Å². The van der Waals surface area contributed by atoms with E-state index in [0.717, 1.165) is 5.06 Å². The fourth-order valence-corrected chi connectivity index (χ4v) is 2.32. The number of carbonyl (C=O) groups is 3. The van der Waals surface area contributed by atoms with Gasteiger partial charge in [0.2, 0.25) is 0 Å². The highest BCUT2D eigenvalue weighted by Crippen LogP contribution is 2.38. The van der Waals surface area contributed by atoms with Gasteiger partial charge in [-0.2, -0.15) is 5.06 Å². The molecule has 1 fully saturated rings. The number of benzene rings is 1. The monoisotopic (exact) mass is 291 g/mol. The fraction of sp³-hybridized carbons (Fsp3) is 0.357. The van der Waals surface area contributed by atoms with E-state index in [1.165, 1.54) is 0 Å². The molecule has 2 aliphatic rings. The molecule has 3 rings (SSSR count). The van der Waals surface area contributed by atoms with E-state index < -0.39 is 23.6 Å². The normalized spacial score (nSPS) is 19.5. The van der Waals surface area contributed by atoms with Gasteiger partial charge in [-0.1, -0.05) is 25.1 Å². The van der Waals surface area contributed by atoms with Crippen LogP contribution < -0.4 is 5.06 Å². The first-order valence-electron chi connectivity index (χ1n) is 6.59. The summed E-state index contributed by atoms with van der Waals surface area (Å²) in [7, 11) is 0. The van der Waals surface area contributed by atoms with Crippen LogP contribution in [-0.2, 0) is 35.1 Å². The van der Waals surface area contributed by atoms with Gasteiger partial charge in [-0.3, -0.25) is 9.63 Å². The standard InChI is InChI=1S/C14H13NO6/c1-2-7-19-15-10-6-4-3-5-9(10)8-14(13(15)18)20-11(16)12(17)21-14/h3-6H,2,7-8H2,1H3. The van der Waals surface area contributed by atoms with E-state index in [2.05, 4.69) is 0 Å². The lowest BCUT2D eigenvalue weighted by Crippen LogP contribution is -2.55. The van der Waals surface area contributed by atoms with Crippen molar-refractivity contribution in [3.63, 3.8) is 0 Å². The third-order valence-corrected chi connectivity index (χ3v) is 3.25. The number of para-hydroxylation sites is 1. The fourth-order valence-electron chi connectivity index (χ4n) is 2.32. The minimum atomic E-state index is -1.95. The van der Waals surface area contributed by atoms with E-state index in [9.17, 15) is 14.4 Å². The zero-order valence-electron chi connectivity index (χ0n) is 11.3. The van der Waals surface area contributed by atoms with Gasteiger partial charge in [-0.25, -0.2) is 9.59 Å². The Balaban J connectivity index is 2.02. The first-order chi connectivity index (χ1) is 10.1. The highest BCUT2D eigenvalue weighted by molar-refractivity contribution is 6.32. The van der Waals surface area contributed by atoms with Crippen molar-refractivity contribution in [3.8, 4) is 0 Å². The number of carbonyl (C=O) groups excluding carboxylic acids is 3. The molecule has 1 spiro atoms. The van der Waals surface area contributed by atoms with Crippen LogP contribution in [0.2, 0.25) is 0 Å². The molecule has 1 amide bonds. The molecular weight excluding hydrogens is 278 g/mol. The minimum Gasteiger partial charge on any atom is -0.404 e. The van der Waals surface area contributed by atoms with Gasteiger partial charge in [-0.15, -0.1) is 0 Å². The third kappa shape index (κ3) is 2.06. The third-order valence-electron chi connectivity index (χ3n) is 3.25. The molecule has 0 saturated carbocycles. The number of amides is 1. The summed E-state index contributed by atoms with van der Waals surface area (Å²) in [5.41, 5.74) is 1.25. The Kier molecular flexibility index (Phi) is 3.13. The maximum Gasteiger partial charge on any atom is 0.421 e. The van der Waals surface area contributed by atoms with Crippen molar-refractivity contribution in [2.75, 3.05) is 11.7 Å². The van der Waals surface area contributed by atoms with Crippen molar-refractivity contribution in [3.05, 3.63) is 29.8 Å². The Morgan fingerprint density at radius 3 is 2.52 bits per heavy atom. The highest BCUT2D eigenvalue weighted by atomic mass is 16.8. The lowest BCUT2D eigenvalue weighted by atomic mass is 9.97. The average molecular weight is 291 g/mol. The molecule has 0 bridgehead atoms. The number of fused-ring (bicyclic) bond motifs is 1. The number of anilines is 1. The predicted molar refractivity (Wildman–Crippen MR) is 68.8 cm³/mol. The van der Waals surface area contributed by atoms with Gasteiger partial charge in [0.15, 0.2) is 0 Å². The van der Waals surface area contributed by atoms with Crippen LogP contribution in [0.3, 0.4) is 0 Å². The van der Waals surface area contributed by atoms with Gasteiger partial charge in [0.25, 0.3) is 0 Å². The Morgan fingerprint density at radius 2 is 1.86 bits per heavy atom. The molecule has 21 heavy (non-hydrogen) atoms. The Morgan fingerprint density at radius 1 is 1.19 bits per heavy atom. The Labute approximate surface area is 120 Å². The van der Waals surface area contributed by atoms with Crippen molar-refractivity contribution < 1.29 is 28.7 Å². The quantitative estimate of drug-likeness (QED) is 0.602. The van der Waals surface area contributed by atoms with Crippen molar-refractivity contribution in [1.82, 2.24) is 0 Å². The van der Waals surface area contributed by atoms with Gasteiger partial charge in [0, 0.05) is 0 Å². The first-order valence-corrected chi connectivity index (χ1v) is 6.59. The van der Waals surface area contributed by atoms with Gasteiger partial charge < -0.3 is 9.47 Å². The molecule has 7 nitrogen and oxygen atoms in total. The van der Waals surface area contributed by atoms with Crippen LogP contribution in [0.15, 0.2) is 24.3 Å². The number of ether oxygens (including phenoxy) is 2. The van der Waals surface area contributed by atoms with E-state index in [0.29, 0.717) is 24.3 Å². The highest BCUT2D eigenvalue weighted by Gasteiger charge is 2.59. The van der Waals surface area contributed by atoms with Crippen LogP contribution in [0.1, 0.15) is 18.9 Å². The summed E-state index contributed by atoms with van der Waals surface area (Å²) in [6.07, 6.45) is 0.671. The second kappa shape index (κ2) is 4.85. The molecule has 0 N–H and O–H groups in total. The maximum absolute atomic E-state index is 12.6. The predicted octanol–water partition coefficient (Wildman–Crippen LogP) is 0.714. The maximum atomic E-state index is 12.6. The van der Waals surface area contributed by atoms with Gasteiger partial charge in [-0.05, 0) is 18.1 Å². The minimum absolute atomic E-state index is 0.0223. The summed E-state index contributed by atoms with van der Waals surface area (Å²) < 4.78 is 9.80. The molecule has 7 heteroatoms. The first kappa shape index (κ1) is 13.6. The lowest BCUT2D eigenvalue weighted by molar-refractivity contribution is -0.194. The smallest absolute Gasteiger partial charge is 0.404 e. The number of rotatable bonds is 3. The second-order valence-electron chi connectivity index (χ2n) is 4.77. The van der Waals surface area contributed by atoms with E-state index in [4.69, 9.17) is 14.3 Å². The van der Waals surface area contributed by atoms with E-state index >= 15 is 0 Å². The summed E-state index contributed by atoms with van der Waals surface area (Å²) in [6, 6.07) is 7.01. The number of hydroxylamine groups is 1. The lowest BCUT2D eigenvalue weighted by Gasteiger charge is -2.36. The summed E-state index contributed by atoms with van der Waals surface area (Å²) in [4.78, 5) is 40.6. The molecule has 0 aliphatic carbocycles. The van der Waals surface area contributed by atoms with Gasteiger partial charge >= 0.3 is 23.6 Å². The Hall–Kier alpha value is -2.41. The Bertz CT molecular complexity index is 610. The van der Waals surface area contributed by atoms with Crippen LogP contribution in [0.25, 0.3) is 0 Å². The molecular formula is C14H13NO6. The molecule has 110 valence electrons. The molecule has 1 aromatic rings. The number of hydrogen-bond acceptors (Lipinski definition) is 6. The molecule has 0 radical (unpaired) electrons. The van der Waals surface area contributed by atoms with Crippen molar-refractivity contribution in [2.45, 2.75) is 25.6 Å². The molecule has 0 aromatic heterocycles. The summed E-state index contributed by atoms with van der Waals surface area (Å²) in [6.45, 7) is 2.20. The van der Waals surface area contributed by atoms with Gasteiger partial charge in [0.1, 0.15) is 0 Å². The van der Waals surface area contributed by atoms with Crippen molar-refractivity contribution >= 4 is 23.5 Å². The van der Waals surface area contributed by atoms with E-state index in [1.54, 1.807) is 24.3 Å². The van der Waals surface area contributed by atoms with Crippen LogP contribution in [-0.4, -0.2) is 30.2 Å². The topological polar surface area (TPSA) is 82.1 Å². The van der Waals surface area contributed by atoms with Crippen molar-refractivity contribution in [2.24, 2.45) is 0 Å². The molecule has 2 heterocycles. The van der Waals surface area contributed by atoms with Crippen LogP contribution in [0.4, 0.5) is 5.69 Å². The summed E-state index contributed by atoms with van der Waals surface area (Å²) in [5.74, 6) is -5.00.